The van der Waals surface area contributed by atoms with E-state index in [-0.39, 0.29) is 17.9 Å². The van der Waals surface area contributed by atoms with Crippen LogP contribution in [0.15, 0.2) is 18.2 Å². The van der Waals surface area contributed by atoms with Gasteiger partial charge in [-0.1, -0.05) is 12.1 Å². The van der Waals surface area contributed by atoms with Gasteiger partial charge in [0.1, 0.15) is 0 Å². The number of carboxylic acid groups (broad SMARTS) is 1. The van der Waals surface area contributed by atoms with Crippen LogP contribution in [0.5, 0.6) is 0 Å². The van der Waals surface area contributed by atoms with Crippen molar-refractivity contribution in [2.45, 2.75) is 39.7 Å². The Hall–Kier alpha value is -1.84. The molecule has 0 aliphatic carbocycles. The standard InChI is InChI=1S/C16H21NO3/c1-10-5-4-6-14(12(10)3)15(18)17-8-7-13(16(19)20)9-11(17)2/h4-6,11,13H,7-9H2,1-3H3,(H,19,20). The number of rotatable bonds is 2. The number of likely N-dealkylation sites (tertiary alicyclic amines) is 1. The number of carbonyl (C=O) groups excluding carboxylic acids is 1. The van der Waals surface area contributed by atoms with Gasteiger partial charge in [0.15, 0.2) is 0 Å². The highest BCUT2D eigenvalue weighted by molar-refractivity contribution is 5.96. The smallest absolute Gasteiger partial charge is 0.306 e. The first-order valence-corrected chi connectivity index (χ1v) is 7.01. The van der Waals surface area contributed by atoms with Crippen LogP contribution in [0.3, 0.4) is 0 Å². The van der Waals surface area contributed by atoms with Crippen molar-refractivity contribution in [2.24, 2.45) is 5.92 Å². The second-order valence-corrected chi connectivity index (χ2v) is 5.65. The van der Waals surface area contributed by atoms with Crippen molar-refractivity contribution in [3.05, 3.63) is 34.9 Å². The van der Waals surface area contributed by atoms with Gasteiger partial charge in [-0.15, -0.1) is 0 Å². The van der Waals surface area contributed by atoms with Gasteiger partial charge in [-0.05, 0) is 50.8 Å². The Bertz CT molecular complexity index is 539. The molecule has 1 aromatic carbocycles. The number of nitrogens with zero attached hydrogens (tertiary/aromatic N) is 1. The summed E-state index contributed by atoms with van der Waals surface area (Å²) in [6.45, 7) is 6.39. The monoisotopic (exact) mass is 275 g/mol. The van der Waals surface area contributed by atoms with Gasteiger partial charge in [0.25, 0.3) is 5.91 Å². The summed E-state index contributed by atoms with van der Waals surface area (Å²) in [6, 6.07) is 5.70. The van der Waals surface area contributed by atoms with E-state index in [0.29, 0.717) is 19.4 Å². The lowest BCUT2D eigenvalue weighted by atomic mass is 9.90. The molecule has 1 fully saturated rings. The molecule has 0 radical (unpaired) electrons. The van der Waals surface area contributed by atoms with Crippen molar-refractivity contribution >= 4 is 11.9 Å². The first-order chi connectivity index (χ1) is 9.41. The van der Waals surface area contributed by atoms with Crippen LogP contribution < -0.4 is 0 Å². The van der Waals surface area contributed by atoms with E-state index in [1.165, 1.54) is 0 Å². The largest absolute Gasteiger partial charge is 0.481 e. The molecule has 4 nitrogen and oxygen atoms in total. The zero-order chi connectivity index (χ0) is 14.9. The molecule has 0 bridgehead atoms. The minimum Gasteiger partial charge on any atom is -0.481 e. The Morgan fingerprint density at radius 3 is 2.60 bits per heavy atom. The molecular formula is C16H21NO3. The zero-order valence-electron chi connectivity index (χ0n) is 12.2. The second-order valence-electron chi connectivity index (χ2n) is 5.65. The van der Waals surface area contributed by atoms with Gasteiger partial charge >= 0.3 is 5.97 Å². The maximum atomic E-state index is 12.6. The van der Waals surface area contributed by atoms with Crippen molar-refractivity contribution in [3.8, 4) is 0 Å². The van der Waals surface area contributed by atoms with Crippen molar-refractivity contribution in [1.29, 1.82) is 0 Å². The molecule has 1 aliphatic rings. The lowest BCUT2D eigenvalue weighted by Gasteiger charge is -2.36. The first-order valence-electron chi connectivity index (χ1n) is 7.01. The molecule has 20 heavy (non-hydrogen) atoms. The number of hydrogen-bond donors (Lipinski definition) is 1. The number of carbonyl (C=O) groups is 2. The third kappa shape index (κ3) is 2.69. The predicted molar refractivity (Wildman–Crippen MR) is 76.8 cm³/mol. The molecular weight excluding hydrogens is 254 g/mol. The maximum absolute atomic E-state index is 12.6. The Balaban J connectivity index is 2.18. The summed E-state index contributed by atoms with van der Waals surface area (Å²) in [7, 11) is 0. The number of aliphatic carboxylic acids is 1. The molecule has 1 saturated heterocycles. The van der Waals surface area contributed by atoms with Gasteiger partial charge in [-0.3, -0.25) is 9.59 Å². The van der Waals surface area contributed by atoms with Gasteiger partial charge in [0.05, 0.1) is 5.92 Å². The quantitative estimate of drug-likeness (QED) is 0.902. The van der Waals surface area contributed by atoms with Crippen LogP contribution in [-0.4, -0.2) is 34.5 Å². The lowest BCUT2D eigenvalue weighted by molar-refractivity contribution is -0.143. The maximum Gasteiger partial charge on any atom is 0.306 e. The molecule has 1 N–H and O–H groups in total. The highest BCUT2D eigenvalue weighted by Crippen LogP contribution is 2.25. The summed E-state index contributed by atoms with van der Waals surface area (Å²) in [4.78, 5) is 25.5. The number of aryl methyl sites for hydroxylation is 1. The molecule has 1 aromatic rings. The molecule has 0 saturated carbocycles. The molecule has 1 aliphatic heterocycles. The van der Waals surface area contributed by atoms with Crippen molar-refractivity contribution in [1.82, 2.24) is 4.90 Å². The van der Waals surface area contributed by atoms with E-state index < -0.39 is 5.97 Å². The van der Waals surface area contributed by atoms with Crippen LogP contribution >= 0.6 is 0 Å². The Labute approximate surface area is 119 Å². The van der Waals surface area contributed by atoms with Crippen LogP contribution in [0.2, 0.25) is 0 Å². The molecule has 2 rings (SSSR count). The summed E-state index contributed by atoms with van der Waals surface area (Å²) in [5.74, 6) is -1.06. The third-order valence-corrected chi connectivity index (χ3v) is 4.32. The van der Waals surface area contributed by atoms with Crippen LogP contribution in [0.1, 0.15) is 41.3 Å². The van der Waals surface area contributed by atoms with Crippen molar-refractivity contribution in [2.75, 3.05) is 6.54 Å². The molecule has 0 spiro atoms. The van der Waals surface area contributed by atoms with E-state index in [2.05, 4.69) is 0 Å². The summed E-state index contributed by atoms with van der Waals surface area (Å²) >= 11 is 0. The van der Waals surface area contributed by atoms with E-state index >= 15 is 0 Å². The molecule has 0 aromatic heterocycles. The van der Waals surface area contributed by atoms with Gasteiger partial charge < -0.3 is 10.0 Å². The third-order valence-electron chi connectivity index (χ3n) is 4.32. The predicted octanol–water partition coefficient (Wildman–Crippen LogP) is 2.63. The molecule has 4 heteroatoms. The number of hydrogen-bond acceptors (Lipinski definition) is 2. The van der Waals surface area contributed by atoms with Gasteiger partial charge in [0.2, 0.25) is 0 Å². The van der Waals surface area contributed by atoms with Crippen LogP contribution in [0.25, 0.3) is 0 Å². The van der Waals surface area contributed by atoms with Crippen LogP contribution in [0, 0.1) is 19.8 Å². The Kier molecular flexibility index (Phi) is 4.12. The molecule has 2 unspecified atom stereocenters. The highest BCUT2D eigenvalue weighted by atomic mass is 16.4. The molecule has 2 atom stereocenters. The van der Waals surface area contributed by atoms with Gasteiger partial charge in [0, 0.05) is 18.2 Å². The number of carboxylic acids is 1. The fourth-order valence-electron chi connectivity index (χ4n) is 2.84. The summed E-state index contributed by atoms with van der Waals surface area (Å²) in [5.41, 5.74) is 2.83. The summed E-state index contributed by atoms with van der Waals surface area (Å²) in [5, 5.41) is 9.07. The minimum atomic E-state index is -0.754. The van der Waals surface area contributed by atoms with Gasteiger partial charge in [-0.2, -0.15) is 0 Å². The van der Waals surface area contributed by atoms with E-state index in [1.54, 1.807) is 4.90 Å². The molecule has 108 valence electrons. The normalized spacial score (nSPS) is 22.6. The van der Waals surface area contributed by atoms with E-state index in [9.17, 15) is 9.59 Å². The number of amides is 1. The minimum absolute atomic E-state index is 0.0162. The average molecular weight is 275 g/mol. The number of benzene rings is 1. The zero-order valence-corrected chi connectivity index (χ0v) is 12.2. The van der Waals surface area contributed by atoms with Crippen molar-refractivity contribution < 1.29 is 14.7 Å². The summed E-state index contributed by atoms with van der Waals surface area (Å²) < 4.78 is 0. The fourth-order valence-corrected chi connectivity index (χ4v) is 2.84. The SMILES string of the molecule is Cc1cccc(C(=O)N2CCC(C(=O)O)CC2C)c1C. The first kappa shape index (κ1) is 14.6. The van der Waals surface area contributed by atoms with E-state index in [1.807, 2.05) is 39.0 Å². The molecule has 1 heterocycles. The fraction of sp³-hybridized carbons (Fsp3) is 0.500. The highest BCUT2D eigenvalue weighted by Gasteiger charge is 2.32. The number of piperidine rings is 1. The second kappa shape index (κ2) is 5.65. The van der Waals surface area contributed by atoms with E-state index in [4.69, 9.17) is 5.11 Å². The van der Waals surface area contributed by atoms with Crippen molar-refractivity contribution in [3.63, 3.8) is 0 Å². The molecule has 1 amide bonds. The Morgan fingerprint density at radius 2 is 2.00 bits per heavy atom. The Morgan fingerprint density at radius 1 is 1.30 bits per heavy atom. The lowest BCUT2D eigenvalue weighted by Crippen LogP contribution is -2.46. The summed E-state index contributed by atoms with van der Waals surface area (Å²) in [6.07, 6.45) is 1.07. The van der Waals surface area contributed by atoms with E-state index in [0.717, 1.165) is 16.7 Å². The average Bonchev–Trinajstić information content (AvgIpc) is 2.41. The van der Waals surface area contributed by atoms with Gasteiger partial charge in [-0.25, -0.2) is 0 Å². The topological polar surface area (TPSA) is 57.6 Å². The van der Waals surface area contributed by atoms with Crippen LogP contribution in [0.4, 0.5) is 0 Å². The van der Waals surface area contributed by atoms with Crippen LogP contribution in [-0.2, 0) is 4.79 Å².